The molecule has 22 heavy (non-hydrogen) atoms. The molecule has 0 aliphatic carbocycles. The molecule has 2 aromatic rings. The number of aromatic hydroxyl groups is 2. The van der Waals surface area contributed by atoms with Gasteiger partial charge in [-0.2, -0.15) is 0 Å². The molecule has 0 bridgehead atoms. The first-order valence-corrected chi connectivity index (χ1v) is 6.30. The molecule has 0 amide bonds. The fourth-order valence-electron chi connectivity index (χ4n) is 1.66. The highest BCUT2D eigenvalue weighted by Crippen LogP contribution is 2.27. The predicted molar refractivity (Wildman–Crippen MR) is 86.4 cm³/mol. The molecule has 8 nitrogen and oxygen atoms in total. The Bertz CT molecular complexity index is 661. The van der Waals surface area contributed by atoms with Gasteiger partial charge in [0.2, 0.25) is 0 Å². The average Bonchev–Trinajstić information content (AvgIpc) is 2.48. The van der Waals surface area contributed by atoms with Gasteiger partial charge in [0, 0.05) is 20.2 Å². The fourth-order valence-corrected chi connectivity index (χ4v) is 1.66. The number of nitro groups is 1. The highest BCUT2D eigenvalue weighted by Gasteiger charge is 2.12. The molecule has 0 saturated carbocycles. The number of phenols is 2. The third kappa shape index (κ3) is 4.44. The van der Waals surface area contributed by atoms with Crippen molar-refractivity contribution in [2.24, 2.45) is 0 Å². The zero-order valence-electron chi connectivity index (χ0n) is 12.2. The third-order valence-corrected chi connectivity index (χ3v) is 2.75. The number of hydrogen-bond acceptors (Lipinski definition) is 7. The maximum Gasteiger partial charge on any atom is 0.295 e. The Morgan fingerprint density at radius 3 is 1.95 bits per heavy atom. The summed E-state index contributed by atoms with van der Waals surface area (Å²) in [6.07, 6.45) is 0. The number of benzene rings is 2. The van der Waals surface area contributed by atoms with E-state index >= 15 is 0 Å². The number of nitro benzene ring substituents is 1. The molecule has 0 aromatic heterocycles. The van der Waals surface area contributed by atoms with E-state index in [1.165, 1.54) is 18.2 Å². The number of phenolic OH excluding ortho intramolecular Hbond substituents is 2. The maximum atomic E-state index is 10.4. The zero-order chi connectivity index (χ0) is 16.7. The van der Waals surface area contributed by atoms with Gasteiger partial charge < -0.3 is 26.6 Å². The second kappa shape index (κ2) is 7.58. The van der Waals surface area contributed by atoms with Crippen molar-refractivity contribution in [1.82, 2.24) is 0 Å². The molecule has 0 atom stereocenters. The molecule has 118 valence electrons. The molecule has 0 aliphatic heterocycles. The largest absolute Gasteiger partial charge is 0.508 e. The van der Waals surface area contributed by atoms with Crippen LogP contribution >= 0.6 is 0 Å². The molecule has 0 heterocycles. The van der Waals surface area contributed by atoms with Crippen molar-refractivity contribution in [2.45, 2.75) is 0 Å². The summed E-state index contributed by atoms with van der Waals surface area (Å²) in [6, 6.07) is 8.76. The molecule has 0 saturated heterocycles. The Morgan fingerprint density at radius 2 is 1.50 bits per heavy atom. The lowest BCUT2D eigenvalue weighted by atomic mass is 10.2. The smallest absolute Gasteiger partial charge is 0.295 e. The van der Waals surface area contributed by atoms with E-state index in [1.807, 2.05) is 0 Å². The Labute approximate surface area is 127 Å². The van der Waals surface area contributed by atoms with Crippen LogP contribution in [0.25, 0.3) is 0 Å². The van der Waals surface area contributed by atoms with Gasteiger partial charge in [0.05, 0.1) is 22.4 Å². The Hall–Kier alpha value is -3.16. The molecule has 8 heteroatoms. The minimum Gasteiger partial charge on any atom is -0.508 e. The molecule has 2 rings (SSSR count). The van der Waals surface area contributed by atoms with Crippen molar-refractivity contribution < 1.29 is 15.1 Å². The number of nitrogen functional groups attached to an aromatic ring is 1. The number of hydrogen-bond donors (Lipinski definition) is 5. The molecule has 0 radical (unpaired) electrons. The van der Waals surface area contributed by atoms with Crippen molar-refractivity contribution in [3.63, 3.8) is 0 Å². The van der Waals surface area contributed by atoms with Gasteiger partial charge in [0.25, 0.3) is 5.69 Å². The normalized spacial score (nSPS) is 9.36. The SMILES string of the molecule is CNc1ccc(O)cc1N.CNc1ccc(O)cc1[N+](=O)[O-]. The number of rotatable bonds is 3. The molecule has 0 aliphatic rings. The molecule has 0 spiro atoms. The van der Waals surface area contributed by atoms with E-state index in [-0.39, 0.29) is 17.2 Å². The maximum absolute atomic E-state index is 10.4. The second-order valence-electron chi connectivity index (χ2n) is 4.23. The van der Waals surface area contributed by atoms with Gasteiger partial charge in [-0.15, -0.1) is 0 Å². The van der Waals surface area contributed by atoms with Crippen LogP contribution in [0.4, 0.5) is 22.7 Å². The van der Waals surface area contributed by atoms with Crippen LogP contribution in [-0.2, 0) is 0 Å². The minimum absolute atomic E-state index is 0.110. The molecular formula is C14H18N4O4. The Morgan fingerprint density at radius 1 is 1.00 bits per heavy atom. The second-order valence-corrected chi connectivity index (χ2v) is 4.23. The predicted octanol–water partition coefficient (Wildman–Crippen LogP) is 2.36. The summed E-state index contributed by atoms with van der Waals surface area (Å²) in [6.45, 7) is 0. The van der Waals surface area contributed by atoms with Crippen LogP contribution < -0.4 is 16.4 Å². The first-order valence-electron chi connectivity index (χ1n) is 6.30. The van der Waals surface area contributed by atoms with Gasteiger partial charge >= 0.3 is 0 Å². The van der Waals surface area contributed by atoms with Gasteiger partial charge in [0.15, 0.2) is 0 Å². The summed E-state index contributed by atoms with van der Waals surface area (Å²) >= 11 is 0. The lowest BCUT2D eigenvalue weighted by Gasteiger charge is -2.03. The van der Waals surface area contributed by atoms with Crippen molar-refractivity contribution in [1.29, 1.82) is 0 Å². The van der Waals surface area contributed by atoms with E-state index in [0.29, 0.717) is 11.4 Å². The average molecular weight is 306 g/mol. The molecule has 0 unspecified atom stereocenters. The van der Waals surface area contributed by atoms with Crippen molar-refractivity contribution in [2.75, 3.05) is 30.5 Å². The molecule has 6 N–H and O–H groups in total. The van der Waals surface area contributed by atoms with Gasteiger partial charge in [-0.25, -0.2) is 0 Å². The van der Waals surface area contributed by atoms with Crippen LogP contribution in [0.3, 0.4) is 0 Å². The number of nitrogens with zero attached hydrogens (tertiary/aromatic N) is 1. The van der Waals surface area contributed by atoms with Crippen LogP contribution in [0.15, 0.2) is 36.4 Å². The van der Waals surface area contributed by atoms with Gasteiger partial charge in [0.1, 0.15) is 17.2 Å². The van der Waals surface area contributed by atoms with E-state index in [2.05, 4.69) is 10.6 Å². The van der Waals surface area contributed by atoms with Crippen molar-refractivity contribution >= 4 is 22.7 Å². The van der Waals surface area contributed by atoms with E-state index in [1.54, 1.807) is 26.2 Å². The van der Waals surface area contributed by atoms with Crippen LogP contribution in [0.2, 0.25) is 0 Å². The number of nitrogens with one attached hydrogen (secondary N) is 2. The van der Waals surface area contributed by atoms with Gasteiger partial charge in [-0.3, -0.25) is 10.1 Å². The monoisotopic (exact) mass is 306 g/mol. The first-order chi connectivity index (χ1) is 10.4. The van der Waals surface area contributed by atoms with E-state index in [9.17, 15) is 10.1 Å². The lowest BCUT2D eigenvalue weighted by molar-refractivity contribution is -0.384. The standard InChI is InChI=1S/C7H8N2O3.C7H10N2O/c1-8-6-3-2-5(10)4-7(6)9(11)12;1-9-7-3-2-5(10)4-6(7)8/h2-4,8,10H,1H3;2-4,9-10H,8H2,1H3. The number of nitrogens with two attached hydrogens (primary N) is 1. The summed E-state index contributed by atoms with van der Waals surface area (Å²) in [7, 11) is 3.36. The molecule has 2 aromatic carbocycles. The third-order valence-electron chi connectivity index (χ3n) is 2.75. The van der Waals surface area contributed by atoms with Crippen LogP contribution in [0.5, 0.6) is 11.5 Å². The van der Waals surface area contributed by atoms with Gasteiger partial charge in [-0.1, -0.05) is 0 Å². The highest BCUT2D eigenvalue weighted by atomic mass is 16.6. The fraction of sp³-hybridized carbons (Fsp3) is 0.143. The summed E-state index contributed by atoms with van der Waals surface area (Å²) in [5.74, 6) is 0.0807. The Kier molecular flexibility index (Phi) is 5.82. The van der Waals surface area contributed by atoms with E-state index < -0.39 is 4.92 Å². The Balaban J connectivity index is 0.000000224. The van der Waals surface area contributed by atoms with Crippen LogP contribution in [0, 0.1) is 10.1 Å². The highest BCUT2D eigenvalue weighted by molar-refractivity contribution is 5.67. The summed E-state index contributed by atoms with van der Waals surface area (Å²) in [5.41, 5.74) is 7.16. The topological polar surface area (TPSA) is 134 Å². The van der Waals surface area contributed by atoms with E-state index in [0.717, 1.165) is 11.8 Å². The van der Waals surface area contributed by atoms with Crippen molar-refractivity contribution in [3.05, 3.63) is 46.5 Å². The number of anilines is 3. The first kappa shape index (κ1) is 16.9. The quantitative estimate of drug-likeness (QED) is 0.254. The van der Waals surface area contributed by atoms with Crippen LogP contribution in [0.1, 0.15) is 0 Å². The summed E-state index contributed by atoms with van der Waals surface area (Å²) in [4.78, 5) is 9.84. The molecular weight excluding hydrogens is 288 g/mol. The molecule has 0 fully saturated rings. The lowest BCUT2D eigenvalue weighted by Crippen LogP contribution is -1.95. The zero-order valence-corrected chi connectivity index (χ0v) is 12.2. The van der Waals surface area contributed by atoms with E-state index in [4.69, 9.17) is 15.9 Å². The van der Waals surface area contributed by atoms with Crippen LogP contribution in [-0.4, -0.2) is 29.2 Å². The minimum atomic E-state index is -0.550. The van der Waals surface area contributed by atoms with Crippen molar-refractivity contribution in [3.8, 4) is 11.5 Å². The van der Waals surface area contributed by atoms with Gasteiger partial charge in [-0.05, 0) is 24.3 Å². The summed E-state index contributed by atoms with van der Waals surface area (Å²) < 4.78 is 0. The summed E-state index contributed by atoms with van der Waals surface area (Å²) in [5, 5.41) is 33.8.